The van der Waals surface area contributed by atoms with Crippen LogP contribution in [0.2, 0.25) is 20.1 Å². The van der Waals surface area contributed by atoms with E-state index >= 15 is 0 Å². The number of ether oxygens (including phenoxy) is 1. The quantitative estimate of drug-likeness (QED) is 0.103. The summed E-state index contributed by atoms with van der Waals surface area (Å²) in [5.74, 6) is -0.635. The van der Waals surface area contributed by atoms with Crippen LogP contribution in [0.25, 0.3) is 11.1 Å². The first-order valence-corrected chi connectivity index (χ1v) is 19.1. The van der Waals surface area contributed by atoms with Crippen molar-refractivity contribution in [3.8, 4) is 0 Å². The van der Waals surface area contributed by atoms with Crippen molar-refractivity contribution in [1.82, 2.24) is 0 Å². The number of cyclic esters (lactones) is 1. The number of carbonyl (C=O) groups excluding carboxylic acids is 1. The molecule has 5 aromatic carbocycles. The van der Waals surface area contributed by atoms with Gasteiger partial charge in [0.1, 0.15) is 0 Å². The molecule has 0 unspecified atom stereocenters. The fourth-order valence-electron chi connectivity index (χ4n) is 7.54. The van der Waals surface area contributed by atoms with E-state index in [2.05, 4.69) is 109 Å². The summed E-state index contributed by atoms with van der Waals surface area (Å²) in [6.07, 6.45) is 8.00. The molecule has 5 aromatic rings. The lowest BCUT2D eigenvalue weighted by Gasteiger charge is -2.28. The second kappa shape index (κ2) is 14.0. The number of rotatable bonds is 6. The van der Waals surface area contributed by atoms with Crippen LogP contribution in [0.3, 0.4) is 0 Å². The maximum atomic E-state index is 14.2. The summed E-state index contributed by atoms with van der Waals surface area (Å²) in [5, 5.41) is 7.24. The van der Waals surface area contributed by atoms with Crippen LogP contribution in [0.4, 0.5) is 11.4 Å². The van der Waals surface area contributed by atoms with Crippen molar-refractivity contribution >= 4 is 74.9 Å². The lowest BCUT2D eigenvalue weighted by molar-refractivity contribution is 0.0300. The van der Waals surface area contributed by atoms with Crippen molar-refractivity contribution in [1.29, 1.82) is 0 Å². The number of fused-ring (bicyclic) bond motifs is 3. The molecule has 3 aliphatic heterocycles. The molecule has 4 nitrogen and oxygen atoms in total. The summed E-state index contributed by atoms with van der Waals surface area (Å²) < 4.78 is 6.61. The third-order valence-corrected chi connectivity index (χ3v) is 12.1. The molecule has 2 N–H and O–H groups in total. The van der Waals surface area contributed by atoms with Crippen molar-refractivity contribution in [3.63, 3.8) is 0 Å². The number of aryl methyl sites for hydroxylation is 4. The van der Waals surface area contributed by atoms with E-state index in [4.69, 9.17) is 51.1 Å². The van der Waals surface area contributed by atoms with Gasteiger partial charge in [0, 0.05) is 30.0 Å². The van der Waals surface area contributed by atoms with Gasteiger partial charge in [-0.3, -0.25) is 0 Å². The number of anilines is 2. The van der Waals surface area contributed by atoms with Crippen LogP contribution in [0, 0.1) is 13.8 Å². The van der Waals surface area contributed by atoms with Crippen molar-refractivity contribution in [2.45, 2.75) is 45.1 Å². The fourth-order valence-corrected chi connectivity index (χ4v) is 8.61. The Balaban J connectivity index is 1.47. The number of nitrogens with one attached hydrogen (secondary N) is 2. The zero-order valence-corrected chi connectivity index (χ0v) is 31.8. The van der Waals surface area contributed by atoms with Crippen LogP contribution < -0.4 is 10.6 Å². The van der Waals surface area contributed by atoms with E-state index in [-0.39, 0.29) is 25.7 Å². The lowest BCUT2D eigenvalue weighted by atomic mass is 9.82. The highest BCUT2D eigenvalue weighted by molar-refractivity contribution is 6.53. The lowest BCUT2D eigenvalue weighted by Crippen LogP contribution is -2.23. The topological polar surface area (TPSA) is 50.4 Å². The Hall–Kier alpha value is -4.19. The van der Waals surface area contributed by atoms with Gasteiger partial charge in [-0.1, -0.05) is 118 Å². The highest BCUT2D eigenvalue weighted by Gasteiger charge is 2.48. The van der Waals surface area contributed by atoms with Crippen LogP contribution in [-0.2, 0) is 23.2 Å². The molecule has 0 atom stereocenters. The van der Waals surface area contributed by atoms with Crippen molar-refractivity contribution in [3.05, 3.63) is 173 Å². The molecule has 0 saturated heterocycles. The van der Waals surface area contributed by atoms with Gasteiger partial charge in [-0.05, 0) is 120 Å². The summed E-state index contributed by atoms with van der Waals surface area (Å²) in [5.41, 5.74) is 11.5. The van der Waals surface area contributed by atoms with Crippen molar-refractivity contribution < 1.29 is 9.53 Å². The smallest absolute Gasteiger partial charge is 0.341 e. The van der Waals surface area contributed by atoms with E-state index in [1.807, 2.05) is 12.2 Å². The molecular formula is C44H36Cl4N2O2. The van der Waals surface area contributed by atoms with Gasteiger partial charge in [-0.2, -0.15) is 0 Å². The number of hydrogen-bond donors (Lipinski definition) is 2. The van der Waals surface area contributed by atoms with Crippen LogP contribution in [-0.4, -0.2) is 19.1 Å². The molecule has 0 fully saturated rings. The summed E-state index contributed by atoms with van der Waals surface area (Å²) in [6, 6.07) is 29.6. The number of halogens is 4. The van der Waals surface area contributed by atoms with E-state index < -0.39 is 11.6 Å². The van der Waals surface area contributed by atoms with E-state index in [0.717, 1.165) is 94.7 Å². The van der Waals surface area contributed by atoms with Crippen LogP contribution in [0.1, 0.15) is 73.3 Å². The van der Waals surface area contributed by atoms with Gasteiger partial charge >= 0.3 is 5.97 Å². The second-order valence-corrected chi connectivity index (χ2v) is 15.4. The second-order valence-electron chi connectivity index (χ2n) is 13.8. The van der Waals surface area contributed by atoms with Gasteiger partial charge in [-0.15, -0.1) is 0 Å². The van der Waals surface area contributed by atoms with E-state index in [1.54, 1.807) is 0 Å². The molecular weight excluding hydrogens is 730 g/mol. The molecule has 8 heteroatoms. The summed E-state index contributed by atoms with van der Waals surface area (Å²) in [4.78, 5) is 14.2. The molecule has 0 amide bonds. The van der Waals surface area contributed by atoms with Crippen LogP contribution in [0.5, 0.6) is 0 Å². The minimum absolute atomic E-state index is 0.00761. The van der Waals surface area contributed by atoms with Crippen molar-refractivity contribution in [2.24, 2.45) is 0 Å². The maximum absolute atomic E-state index is 14.2. The van der Waals surface area contributed by atoms with Gasteiger partial charge in [-0.25, -0.2) is 4.79 Å². The summed E-state index contributed by atoms with van der Waals surface area (Å²) >= 11 is 27.4. The van der Waals surface area contributed by atoms with E-state index in [0.29, 0.717) is 5.56 Å². The molecule has 0 bridgehead atoms. The van der Waals surface area contributed by atoms with Gasteiger partial charge in [0.25, 0.3) is 0 Å². The molecule has 52 heavy (non-hydrogen) atoms. The molecule has 262 valence electrons. The SMILES string of the molecule is Cc1ccc(/C(=C\C2(/C=C(\c3ccc(C)cc3)c3ccc4c(c3)CCCN4)OC(=O)c3c(Cl)c(Cl)c(Cl)c(Cl)c32)c2ccc3c(c2)CCCN3)cc1. The van der Waals surface area contributed by atoms with Gasteiger partial charge < -0.3 is 15.4 Å². The Kier molecular flexibility index (Phi) is 9.38. The number of hydrogen-bond acceptors (Lipinski definition) is 4. The molecule has 3 heterocycles. The average molecular weight is 767 g/mol. The van der Waals surface area contributed by atoms with Crippen LogP contribution >= 0.6 is 46.4 Å². The molecule has 3 aliphatic rings. The molecule has 0 saturated carbocycles. The zero-order chi connectivity index (χ0) is 36.1. The molecule has 0 spiro atoms. The third kappa shape index (κ3) is 6.30. The molecule has 0 aliphatic carbocycles. The average Bonchev–Trinajstić information content (AvgIpc) is 3.46. The highest BCUT2D eigenvalue weighted by atomic mass is 35.5. The molecule has 0 radical (unpaired) electrons. The predicted molar refractivity (Wildman–Crippen MR) is 217 cm³/mol. The van der Waals surface area contributed by atoms with E-state index in [9.17, 15) is 4.79 Å². The summed E-state index contributed by atoms with van der Waals surface area (Å²) in [7, 11) is 0. The monoisotopic (exact) mass is 764 g/mol. The number of benzene rings is 5. The van der Waals surface area contributed by atoms with Gasteiger partial charge in [0.2, 0.25) is 0 Å². The highest BCUT2D eigenvalue weighted by Crippen LogP contribution is 2.53. The Morgan fingerprint density at radius 1 is 0.615 bits per heavy atom. The number of carbonyl (C=O) groups is 1. The minimum atomic E-state index is -1.55. The third-order valence-electron chi connectivity index (χ3n) is 10.3. The Morgan fingerprint density at radius 2 is 1.06 bits per heavy atom. The predicted octanol–water partition coefficient (Wildman–Crippen LogP) is 12.3. The zero-order valence-electron chi connectivity index (χ0n) is 28.8. The normalized spacial score (nSPS) is 16.3. The van der Waals surface area contributed by atoms with Crippen LogP contribution in [0.15, 0.2) is 97.1 Å². The van der Waals surface area contributed by atoms with Crippen molar-refractivity contribution in [2.75, 3.05) is 23.7 Å². The maximum Gasteiger partial charge on any atom is 0.341 e. The number of esters is 1. The van der Waals surface area contributed by atoms with E-state index in [1.165, 1.54) is 11.1 Å². The van der Waals surface area contributed by atoms with Gasteiger partial charge in [0.15, 0.2) is 5.60 Å². The largest absolute Gasteiger partial charge is 0.442 e. The Labute approximate surface area is 324 Å². The minimum Gasteiger partial charge on any atom is -0.442 e. The first kappa shape index (κ1) is 34.9. The van der Waals surface area contributed by atoms with Gasteiger partial charge in [0.05, 0.1) is 25.7 Å². The standard InChI is InChI=1S/C44H36Cl4N2O2/c1-25-7-11-27(12-8-25)33(29-15-17-35-31(21-29)5-3-19-49-35)23-44(38-37(43(51)52-44)39(45)41(47)42(48)40(38)46)24-34(28-13-9-26(2)10-14-28)30-16-18-36-32(22-30)6-4-20-50-36/h7-18,21-24,49-50H,3-6,19-20H2,1-2H3/b33-23+,34-24+. The molecule has 0 aromatic heterocycles. The molecule has 8 rings (SSSR count). The first-order chi connectivity index (χ1) is 25.1. The first-order valence-electron chi connectivity index (χ1n) is 17.6. The Bertz CT molecular complexity index is 2190. The summed E-state index contributed by atoms with van der Waals surface area (Å²) in [6.45, 7) is 6.01. The Morgan fingerprint density at radius 3 is 1.54 bits per heavy atom. The fraction of sp³-hybridized carbons (Fsp3) is 0.205.